The molecule has 0 saturated heterocycles. The van der Waals surface area contributed by atoms with E-state index in [1.165, 1.54) is 54.7 Å². The van der Waals surface area contributed by atoms with E-state index in [1.807, 2.05) is 0 Å². The Morgan fingerprint density at radius 3 is 1.74 bits per heavy atom. The minimum atomic E-state index is -4.06. The summed E-state index contributed by atoms with van der Waals surface area (Å²) in [4.78, 5) is 4.08. The van der Waals surface area contributed by atoms with Crippen LogP contribution in [0.25, 0.3) is 0 Å². The normalized spacial score (nSPS) is 12.1. The molecule has 31 heavy (non-hydrogen) atoms. The summed E-state index contributed by atoms with van der Waals surface area (Å²) in [5.41, 5.74) is 0.777. The molecule has 0 aliphatic carbocycles. The van der Waals surface area contributed by atoms with Crippen LogP contribution >= 0.6 is 46.4 Å². The van der Waals surface area contributed by atoms with Gasteiger partial charge in [-0.2, -0.15) is 12.8 Å². The van der Waals surface area contributed by atoms with Gasteiger partial charge in [0.2, 0.25) is 0 Å². The Bertz CT molecular complexity index is 1310. The number of aromatic hydroxyl groups is 2. The number of rotatable bonds is 5. The topological polar surface area (TPSA) is 99.3 Å². The highest BCUT2D eigenvalue weighted by molar-refractivity contribution is 7.90. The highest BCUT2D eigenvalue weighted by Gasteiger charge is 2.13. The van der Waals surface area contributed by atoms with Crippen molar-refractivity contribution in [2.75, 3.05) is 0 Å². The minimum absolute atomic E-state index is 0.0272. The van der Waals surface area contributed by atoms with E-state index in [2.05, 4.69) is 9.39 Å². The average molecular weight is 518 g/mol. The molecule has 0 saturated carbocycles. The molecule has 3 rings (SSSR count). The fraction of sp³-hybridized carbons (Fsp3) is 0. The van der Waals surface area contributed by atoms with Crippen LogP contribution in [0.2, 0.25) is 20.1 Å². The fourth-order valence-corrected chi connectivity index (χ4v) is 4.28. The molecule has 0 bridgehead atoms. The van der Waals surface area contributed by atoms with Crippen molar-refractivity contribution < 1.29 is 18.6 Å². The molecule has 6 nitrogen and oxygen atoms in total. The molecule has 160 valence electrons. The Balaban J connectivity index is 1.82. The number of benzene rings is 3. The molecule has 0 atom stereocenters. The molecule has 0 heterocycles. The van der Waals surface area contributed by atoms with E-state index in [1.54, 1.807) is 0 Å². The summed E-state index contributed by atoms with van der Waals surface area (Å²) >= 11 is 23.4. The van der Waals surface area contributed by atoms with Gasteiger partial charge in [-0.3, -0.25) is 4.99 Å². The molecule has 0 fully saturated rings. The zero-order valence-electron chi connectivity index (χ0n) is 15.3. The van der Waals surface area contributed by atoms with Crippen molar-refractivity contribution in [3.05, 3.63) is 79.7 Å². The Hall–Kier alpha value is -2.29. The Morgan fingerprint density at radius 2 is 1.23 bits per heavy atom. The van der Waals surface area contributed by atoms with Crippen molar-refractivity contribution in [3.8, 4) is 11.5 Å². The van der Waals surface area contributed by atoms with Crippen molar-refractivity contribution >= 4 is 74.5 Å². The van der Waals surface area contributed by atoms with Gasteiger partial charge in [-0.1, -0.05) is 46.4 Å². The predicted molar refractivity (Wildman–Crippen MR) is 125 cm³/mol. The summed E-state index contributed by atoms with van der Waals surface area (Å²) < 4.78 is 28.5. The van der Waals surface area contributed by atoms with Gasteiger partial charge in [-0.05, 0) is 48.5 Å². The molecule has 11 heteroatoms. The van der Waals surface area contributed by atoms with Gasteiger partial charge in [-0.15, -0.1) is 0 Å². The Labute approximate surface area is 198 Å². The predicted octanol–water partition coefficient (Wildman–Crippen LogP) is 6.27. The van der Waals surface area contributed by atoms with E-state index in [0.717, 1.165) is 6.21 Å². The molecule has 0 aliphatic heterocycles. The van der Waals surface area contributed by atoms with Gasteiger partial charge in [0, 0.05) is 27.4 Å². The number of aliphatic imine (C=N–C) groups is 1. The lowest BCUT2D eigenvalue weighted by atomic mass is 10.2. The van der Waals surface area contributed by atoms with Crippen molar-refractivity contribution in [2.45, 2.75) is 4.90 Å². The highest BCUT2D eigenvalue weighted by atomic mass is 35.5. The van der Waals surface area contributed by atoms with Crippen LogP contribution in [0.5, 0.6) is 11.5 Å². The number of hydrogen-bond donors (Lipinski definition) is 2. The maximum Gasteiger partial charge on any atom is 0.282 e. The van der Waals surface area contributed by atoms with Crippen LogP contribution in [0.4, 0.5) is 5.69 Å². The number of phenols is 2. The molecule has 0 radical (unpaired) electrons. The SMILES string of the molecule is O=S(=O)(N=Cc1cc(Cl)cc(Cl)c1O)c1ccc(N=Cc2cc(Cl)cc(Cl)c2O)cc1. The maximum atomic E-state index is 12.5. The van der Waals surface area contributed by atoms with Gasteiger partial charge in [-0.25, -0.2) is 0 Å². The Morgan fingerprint density at radius 1 is 0.742 bits per heavy atom. The van der Waals surface area contributed by atoms with Crippen molar-refractivity contribution in [1.29, 1.82) is 0 Å². The van der Waals surface area contributed by atoms with E-state index in [0.29, 0.717) is 16.3 Å². The van der Waals surface area contributed by atoms with Crippen LogP contribution in [0.3, 0.4) is 0 Å². The molecule has 3 aromatic rings. The van der Waals surface area contributed by atoms with Gasteiger partial charge in [0.25, 0.3) is 10.0 Å². The van der Waals surface area contributed by atoms with E-state index in [-0.39, 0.29) is 37.0 Å². The van der Waals surface area contributed by atoms with Crippen molar-refractivity contribution in [3.63, 3.8) is 0 Å². The van der Waals surface area contributed by atoms with Crippen molar-refractivity contribution in [2.24, 2.45) is 9.39 Å². The summed E-state index contributed by atoms with van der Waals surface area (Å²) in [5, 5.41) is 20.5. The maximum absolute atomic E-state index is 12.5. The molecular formula is C20H12Cl4N2O4S. The van der Waals surface area contributed by atoms with Crippen LogP contribution < -0.4 is 0 Å². The summed E-state index contributed by atoms with van der Waals surface area (Å²) in [5.74, 6) is -0.508. The number of halogens is 4. The molecule has 0 spiro atoms. The minimum Gasteiger partial charge on any atom is -0.506 e. The third-order valence-electron chi connectivity index (χ3n) is 3.93. The first-order valence-electron chi connectivity index (χ1n) is 8.37. The van der Waals surface area contributed by atoms with Gasteiger partial charge in [0.15, 0.2) is 0 Å². The first-order chi connectivity index (χ1) is 14.6. The second kappa shape index (κ2) is 9.46. The zero-order chi connectivity index (χ0) is 22.8. The van der Waals surface area contributed by atoms with Crippen LogP contribution in [-0.2, 0) is 10.0 Å². The fourth-order valence-electron chi connectivity index (χ4n) is 2.40. The summed E-state index contributed by atoms with van der Waals surface area (Å²) in [6.07, 6.45) is 2.31. The highest BCUT2D eigenvalue weighted by Crippen LogP contribution is 2.31. The van der Waals surface area contributed by atoms with Crippen LogP contribution in [0.1, 0.15) is 11.1 Å². The summed E-state index contributed by atoms with van der Waals surface area (Å²) in [7, 11) is -4.06. The molecule has 2 N–H and O–H groups in total. The standard InChI is InChI=1S/C20H12Cl4N2O4S/c21-13-5-11(19(27)17(23)7-13)9-25-15-1-3-16(4-2-15)31(29,30)26-10-12-6-14(22)8-18(24)20(12)28/h1-10,27-28H. The van der Waals surface area contributed by atoms with E-state index in [4.69, 9.17) is 46.4 Å². The lowest BCUT2D eigenvalue weighted by Crippen LogP contribution is -1.97. The zero-order valence-corrected chi connectivity index (χ0v) is 19.1. The van der Waals surface area contributed by atoms with Crippen LogP contribution in [0.15, 0.2) is 62.8 Å². The molecule has 3 aromatic carbocycles. The molecular weight excluding hydrogens is 506 g/mol. The number of hydrogen-bond acceptors (Lipinski definition) is 5. The van der Waals surface area contributed by atoms with Gasteiger partial charge in [0.1, 0.15) is 11.5 Å². The van der Waals surface area contributed by atoms with E-state index >= 15 is 0 Å². The second-order valence-electron chi connectivity index (χ2n) is 6.11. The lowest BCUT2D eigenvalue weighted by Gasteiger charge is -2.04. The first kappa shape index (κ1) is 23.4. The first-order valence-corrected chi connectivity index (χ1v) is 11.3. The molecule has 0 amide bonds. The third kappa shape index (κ3) is 5.70. The van der Waals surface area contributed by atoms with Crippen molar-refractivity contribution in [1.82, 2.24) is 0 Å². The number of sulfonamides is 1. The molecule has 0 aliphatic rings. The van der Waals surface area contributed by atoms with Crippen LogP contribution in [0, 0.1) is 0 Å². The van der Waals surface area contributed by atoms with E-state index < -0.39 is 10.0 Å². The monoisotopic (exact) mass is 516 g/mol. The third-order valence-corrected chi connectivity index (χ3v) is 6.20. The number of phenolic OH excluding ortho intramolecular Hbond substituents is 2. The van der Waals surface area contributed by atoms with Gasteiger partial charge in [0.05, 0.1) is 26.8 Å². The summed E-state index contributed by atoms with van der Waals surface area (Å²) in [6.45, 7) is 0. The smallest absolute Gasteiger partial charge is 0.282 e. The van der Waals surface area contributed by atoms with Crippen LogP contribution in [-0.4, -0.2) is 31.1 Å². The largest absolute Gasteiger partial charge is 0.506 e. The molecule has 0 unspecified atom stereocenters. The number of nitrogens with zero attached hydrogens (tertiary/aromatic N) is 2. The van der Waals surface area contributed by atoms with E-state index in [9.17, 15) is 18.6 Å². The summed E-state index contributed by atoms with van der Waals surface area (Å²) in [6, 6.07) is 11.1. The van der Waals surface area contributed by atoms with Gasteiger partial charge >= 0.3 is 0 Å². The molecule has 0 aromatic heterocycles. The quantitative estimate of drug-likeness (QED) is 0.389. The van der Waals surface area contributed by atoms with Gasteiger partial charge < -0.3 is 10.2 Å². The second-order valence-corrected chi connectivity index (χ2v) is 9.43. The average Bonchev–Trinajstić information content (AvgIpc) is 2.71. The Kier molecular flexibility index (Phi) is 7.13. The lowest BCUT2D eigenvalue weighted by molar-refractivity contribution is 0.474.